The van der Waals surface area contributed by atoms with Crippen LogP contribution in [0.5, 0.6) is 0 Å². The van der Waals surface area contributed by atoms with Crippen LogP contribution < -0.4 is 9.80 Å². The molecule has 0 spiro atoms. The maximum absolute atomic E-state index is 2.44. The molecule has 2 aliphatic rings. The van der Waals surface area contributed by atoms with Crippen LogP contribution in [0.15, 0.2) is 169 Å². The van der Waals surface area contributed by atoms with Crippen LogP contribution in [0, 0.1) is 19.8 Å². The van der Waals surface area contributed by atoms with Crippen molar-refractivity contribution in [3.05, 3.63) is 202 Å². The van der Waals surface area contributed by atoms with Crippen molar-refractivity contribution >= 4 is 47.1 Å². The second-order valence-corrected chi connectivity index (χ2v) is 14.2. The quantitative estimate of drug-likeness (QED) is 0.136. The third kappa shape index (κ3) is 8.53. The Morgan fingerprint density at radius 1 is 0.481 bits per heavy atom. The number of hydrogen-bond donors (Lipinski definition) is 0. The van der Waals surface area contributed by atoms with Crippen molar-refractivity contribution in [3.63, 3.8) is 0 Å². The molecule has 258 valence electrons. The minimum atomic E-state index is 0.592. The molecule has 7 rings (SSSR count). The van der Waals surface area contributed by atoms with Gasteiger partial charge in [-0.15, -0.1) is 0 Å². The molecule has 5 aromatic rings. The Balaban J connectivity index is 1.01. The van der Waals surface area contributed by atoms with Gasteiger partial charge in [0, 0.05) is 34.1 Å². The minimum Gasteiger partial charge on any atom is -0.315 e. The average Bonchev–Trinajstić information content (AvgIpc) is 3.18. The molecule has 0 aliphatic heterocycles. The highest BCUT2D eigenvalue weighted by atomic mass is 15.2. The molecule has 0 saturated heterocycles. The molecular formula is C50H48N2. The minimum absolute atomic E-state index is 0.592. The third-order valence-corrected chi connectivity index (χ3v) is 9.94. The van der Waals surface area contributed by atoms with Gasteiger partial charge in [0.15, 0.2) is 0 Å². The summed E-state index contributed by atoms with van der Waals surface area (Å²) in [7, 11) is 0. The molecule has 1 atom stereocenters. The van der Waals surface area contributed by atoms with Crippen LogP contribution in [0.4, 0.5) is 22.7 Å². The van der Waals surface area contributed by atoms with Crippen molar-refractivity contribution in [2.45, 2.75) is 47.0 Å². The van der Waals surface area contributed by atoms with Gasteiger partial charge in [0.05, 0.1) is 0 Å². The molecule has 2 nitrogen and oxygen atoms in total. The van der Waals surface area contributed by atoms with Crippen molar-refractivity contribution in [1.82, 2.24) is 0 Å². The summed E-state index contributed by atoms with van der Waals surface area (Å²) in [4.78, 5) is 4.74. The topological polar surface area (TPSA) is 6.48 Å². The number of anilines is 4. The third-order valence-electron chi connectivity index (χ3n) is 9.94. The number of hydrogen-bond acceptors (Lipinski definition) is 2. The van der Waals surface area contributed by atoms with E-state index in [2.05, 4.69) is 214 Å². The highest BCUT2D eigenvalue weighted by Crippen LogP contribution is 2.36. The Bertz CT molecular complexity index is 2110. The van der Waals surface area contributed by atoms with E-state index in [1.54, 1.807) is 0 Å². The van der Waals surface area contributed by atoms with Crippen LogP contribution in [0.2, 0.25) is 0 Å². The van der Waals surface area contributed by atoms with Gasteiger partial charge in [0.2, 0.25) is 0 Å². The molecule has 0 saturated carbocycles. The first kappa shape index (κ1) is 34.6. The fraction of sp³-hybridized carbons (Fsp3) is 0.160. The summed E-state index contributed by atoms with van der Waals surface area (Å²) in [5.74, 6) is 0.592. The summed E-state index contributed by atoms with van der Waals surface area (Å²) in [6.45, 7) is 8.75. The van der Waals surface area contributed by atoms with E-state index in [-0.39, 0.29) is 0 Å². The van der Waals surface area contributed by atoms with Gasteiger partial charge in [-0.05, 0) is 129 Å². The lowest BCUT2D eigenvalue weighted by atomic mass is 9.98. The van der Waals surface area contributed by atoms with E-state index < -0.39 is 0 Å². The molecule has 0 fully saturated rings. The summed E-state index contributed by atoms with van der Waals surface area (Å²) >= 11 is 0. The van der Waals surface area contributed by atoms with Gasteiger partial charge in [0.1, 0.15) is 0 Å². The van der Waals surface area contributed by atoms with Gasteiger partial charge in [-0.1, -0.05) is 139 Å². The van der Waals surface area contributed by atoms with Crippen LogP contribution in [0.3, 0.4) is 0 Å². The Morgan fingerprint density at radius 3 is 1.27 bits per heavy atom. The zero-order valence-corrected chi connectivity index (χ0v) is 30.8. The zero-order valence-electron chi connectivity index (χ0n) is 30.8. The second kappa shape index (κ2) is 16.0. The fourth-order valence-corrected chi connectivity index (χ4v) is 6.69. The van der Waals surface area contributed by atoms with E-state index in [9.17, 15) is 0 Å². The second-order valence-electron chi connectivity index (χ2n) is 14.2. The molecule has 5 aromatic carbocycles. The Labute approximate surface area is 310 Å². The van der Waals surface area contributed by atoms with Gasteiger partial charge in [-0.2, -0.15) is 0 Å². The maximum atomic E-state index is 2.44. The summed E-state index contributed by atoms with van der Waals surface area (Å²) < 4.78 is 0. The predicted molar refractivity (Wildman–Crippen MR) is 226 cm³/mol. The smallest absolute Gasteiger partial charge is 0.0462 e. The van der Waals surface area contributed by atoms with Crippen LogP contribution in [-0.2, 0) is 0 Å². The van der Waals surface area contributed by atoms with Crippen molar-refractivity contribution in [2.75, 3.05) is 9.80 Å². The van der Waals surface area contributed by atoms with E-state index in [4.69, 9.17) is 0 Å². The lowest BCUT2D eigenvalue weighted by molar-refractivity contribution is 0.725. The van der Waals surface area contributed by atoms with E-state index >= 15 is 0 Å². The summed E-state index contributed by atoms with van der Waals surface area (Å²) in [6, 6.07) is 43.9. The Kier molecular flexibility index (Phi) is 10.6. The van der Waals surface area contributed by atoms with Gasteiger partial charge < -0.3 is 9.80 Å². The molecule has 0 aromatic heterocycles. The molecule has 2 aliphatic carbocycles. The lowest BCUT2D eigenvalue weighted by Crippen LogP contribution is -2.23. The summed E-state index contributed by atoms with van der Waals surface area (Å²) in [6.07, 6.45) is 23.6. The van der Waals surface area contributed by atoms with Gasteiger partial charge >= 0.3 is 0 Å². The zero-order chi connectivity index (χ0) is 35.9. The van der Waals surface area contributed by atoms with Crippen LogP contribution >= 0.6 is 0 Å². The molecule has 0 heterocycles. The largest absolute Gasteiger partial charge is 0.315 e. The molecule has 1 unspecified atom stereocenters. The fourth-order valence-electron chi connectivity index (χ4n) is 6.69. The summed E-state index contributed by atoms with van der Waals surface area (Å²) in [5.41, 5.74) is 15.9. The van der Waals surface area contributed by atoms with E-state index in [1.165, 1.54) is 56.0 Å². The van der Waals surface area contributed by atoms with Crippen LogP contribution in [-0.4, -0.2) is 0 Å². The molecule has 0 amide bonds. The first-order chi connectivity index (χ1) is 25.4. The number of rotatable bonds is 10. The number of aryl methyl sites for hydroxylation is 2. The highest BCUT2D eigenvalue weighted by molar-refractivity contribution is 5.79. The Hall–Kier alpha value is -5.86. The molecule has 0 radical (unpaired) electrons. The standard InChI is InChI=1S/C50H48N2/c1-37-5-25-45(26-6-37)51(46-27-7-38(2)8-28-46)49-33-21-43(22-34-49)19-17-41-13-15-42(16-14-41)18-20-44-23-35-50(36-24-44)52(47-29-9-39(3)10-30-47)48-31-11-40(4)12-32-48/h5-9,11,13-31,33-36,39H,10,12,32H2,1-4H3/b19-17+,20-18+. The normalized spacial score (nSPS) is 15.8. The lowest BCUT2D eigenvalue weighted by Gasteiger charge is -2.32. The first-order valence-electron chi connectivity index (χ1n) is 18.5. The van der Waals surface area contributed by atoms with Crippen molar-refractivity contribution in [3.8, 4) is 0 Å². The highest BCUT2D eigenvalue weighted by Gasteiger charge is 2.19. The van der Waals surface area contributed by atoms with E-state index in [0.717, 1.165) is 36.3 Å². The number of allylic oxidation sites excluding steroid dienone is 7. The molecule has 0 bridgehead atoms. The van der Waals surface area contributed by atoms with Gasteiger partial charge in [-0.3, -0.25) is 0 Å². The summed E-state index contributed by atoms with van der Waals surface area (Å²) in [5, 5.41) is 0. The average molecular weight is 677 g/mol. The predicted octanol–water partition coefficient (Wildman–Crippen LogP) is 14.0. The Morgan fingerprint density at radius 2 is 0.885 bits per heavy atom. The van der Waals surface area contributed by atoms with Crippen LogP contribution in [0.1, 0.15) is 66.5 Å². The number of benzene rings is 5. The number of nitrogens with zero attached hydrogens (tertiary/aromatic N) is 2. The van der Waals surface area contributed by atoms with E-state index in [1.807, 2.05) is 0 Å². The molecule has 52 heavy (non-hydrogen) atoms. The van der Waals surface area contributed by atoms with Gasteiger partial charge in [-0.25, -0.2) is 0 Å². The first-order valence-corrected chi connectivity index (χ1v) is 18.5. The van der Waals surface area contributed by atoms with Crippen molar-refractivity contribution in [2.24, 2.45) is 5.92 Å². The van der Waals surface area contributed by atoms with Gasteiger partial charge in [0.25, 0.3) is 0 Å². The van der Waals surface area contributed by atoms with Crippen LogP contribution in [0.25, 0.3) is 24.3 Å². The molecule has 0 N–H and O–H groups in total. The maximum Gasteiger partial charge on any atom is 0.0462 e. The van der Waals surface area contributed by atoms with Crippen molar-refractivity contribution < 1.29 is 0 Å². The molecule has 2 heteroatoms. The SMILES string of the molecule is CC1=CC=C(N(C2=CCC(C)C=C2)c2ccc(/C=C/c3ccc(/C=C/c4ccc(N(c5ccc(C)cc5)c5ccc(C)cc5)cc4)cc3)cc2)CC1. The van der Waals surface area contributed by atoms with Crippen molar-refractivity contribution in [1.29, 1.82) is 0 Å². The van der Waals surface area contributed by atoms with E-state index in [0.29, 0.717) is 5.92 Å². The monoisotopic (exact) mass is 676 g/mol. The molecular weight excluding hydrogens is 629 g/mol.